The largest absolute Gasteiger partial charge is 0.345 e. The van der Waals surface area contributed by atoms with Gasteiger partial charge in [0.05, 0.1) is 24.4 Å². The van der Waals surface area contributed by atoms with Crippen LogP contribution < -0.4 is 10.6 Å². The van der Waals surface area contributed by atoms with Gasteiger partial charge in [0, 0.05) is 25.2 Å². The molecule has 1 saturated carbocycles. The number of anilines is 1. The highest BCUT2D eigenvalue weighted by Crippen LogP contribution is 2.31. The van der Waals surface area contributed by atoms with Gasteiger partial charge in [0.15, 0.2) is 5.82 Å². The maximum absolute atomic E-state index is 13.0. The fraction of sp³-hybridized carbons (Fsp3) is 0.435. The molecule has 1 aromatic heterocycles. The third-order valence-electron chi connectivity index (χ3n) is 6.14. The van der Waals surface area contributed by atoms with Crippen LogP contribution in [-0.4, -0.2) is 51.4 Å². The van der Waals surface area contributed by atoms with Crippen molar-refractivity contribution in [2.24, 2.45) is 5.92 Å². The number of carbonyl (C=O) groups is 3. The van der Waals surface area contributed by atoms with Crippen molar-refractivity contribution in [2.75, 3.05) is 18.4 Å². The lowest BCUT2D eigenvalue weighted by Crippen LogP contribution is -2.56. The predicted molar refractivity (Wildman–Crippen MR) is 116 cm³/mol. The second-order valence-electron chi connectivity index (χ2n) is 8.52. The normalized spacial score (nSPS) is 17.3. The van der Waals surface area contributed by atoms with Crippen LogP contribution in [0, 0.1) is 17.2 Å². The molecule has 1 saturated heterocycles. The summed E-state index contributed by atoms with van der Waals surface area (Å²) in [5.41, 5.74) is 0.462. The van der Waals surface area contributed by atoms with E-state index in [-0.39, 0.29) is 35.5 Å². The van der Waals surface area contributed by atoms with Gasteiger partial charge >= 0.3 is 0 Å². The molecular formula is C23H26N6O3. The van der Waals surface area contributed by atoms with Crippen molar-refractivity contribution in [1.29, 1.82) is 5.26 Å². The minimum absolute atomic E-state index is 0.00899. The predicted octanol–water partition coefficient (Wildman–Crippen LogP) is 2.01. The van der Waals surface area contributed by atoms with E-state index in [1.165, 1.54) is 6.20 Å². The summed E-state index contributed by atoms with van der Waals surface area (Å²) < 4.78 is 0. The third-order valence-corrected chi connectivity index (χ3v) is 6.14. The van der Waals surface area contributed by atoms with Crippen molar-refractivity contribution in [3.05, 3.63) is 47.7 Å². The molecule has 2 aromatic rings. The number of rotatable bonds is 7. The highest BCUT2D eigenvalue weighted by Gasteiger charge is 2.38. The first kappa shape index (κ1) is 21.6. The molecule has 0 spiro atoms. The molecule has 0 radical (unpaired) electrons. The molecule has 0 atom stereocenters. The Morgan fingerprint density at radius 2 is 1.91 bits per heavy atom. The lowest BCUT2D eigenvalue weighted by molar-refractivity contribution is -0.132. The van der Waals surface area contributed by atoms with Gasteiger partial charge in [-0.3, -0.25) is 19.5 Å². The Morgan fingerprint density at radius 3 is 2.56 bits per heavy atom. The van der Waals surface area contributed by atoms with E-state index in [2.05, 4.69) is 26.9 Å². The Morgan fingerprint density at radius 1 is 1.19 bits per heavy atom. The molecule has 32 heavy (non-hydrogen) atoms. The number of hydrogen-bond acceptors (Lipinski definition) is 5. The van der Waals surface area contributed by atoms with Crippen LogP contribution in [0.4, 0.5) is 5.82 Å². The molecule has 4 rings (SSSR count). The first-order valence-electron chi connectivity index (χ1n) is 10.9. The van der Waals surface area contributed by atoms with Gasteiger partial charge in [-0.05, 0) is 31.2 Å². The van der Waals surface area contributed by atoms with E-state index in [9.17, 15) is 19.6 Å². The number of aromatic amines is 1. The van der Waals surface area contributed by atoms with Crippen molar-refractivity contribution in [3.8, 4) is 6.07 Å². The number of nitriles is 1. The number of H-pyrrole nitrogens is 1. The number of hydrogen-bond donors (Lipinski definition) is 3. The topological polar surface area (TPSA) is 131 Å². The summed E-state index contributed by atoms with van der Waals surface area (Å²) in [5, 5.41) is 21.7. The van der Waals surface area contributed by atoms with Crippen molar-refractivity contribution in [1.82, 2.24) is 20.4 Å². The zero-order chi connectivity index (χ0) is 22.6. The molecule has 3 amide bonds. The lowest BCUT2D eigenvalue weighted by Gasteiger charge is -2.41. The highest BCUT2D eigenvalue weighted by molar-refractivity contribution is 6.03. The van der Waals surface area contributed by atoms with E-state index in [4.69, 9.17) is 0 Å². The molecule has 0 bridgehead atoms. The third kappa shape index (κ3) is 4.97. The maximum Gasteiger partial charge on any atom is 0.257 e. The van der Waals surface area contributed by atoms with Gasteiger partial charge in [0.2, 0.25) is 11.8 Å². The van der Waals surface area contributed by atoms with Gasteiger partial charge in [0.1, 0.15) is 5.56 Å². The van der Waals surface area contributed by atoms with Crippen LogP contribution in [0.5, 0.6) is 0 Å². The monoisotopic (exact) mass is 434 g/mol. The molecule has 1 aliphatic carbocycles. The lowest BCUT2D eigenvalue weighted by atomic mass is 9.84. The van der Waals surface area contributed by atoms with Gasteiger partial charge in [-0.15, -0.1) is 0 Å². The Kier molecular flexibility index (Phi) is 6.21. The molecule has 9 heteroatoms. The maximum atomic E-state index is 13.0. The summed E-state index contributed by atoms with van der Waals surface area (Å²) in [7, 11) is 0. The van der Waals surface area contributed by atoms with E-state index >= 15 is 0 Å². The van der Waals surface area contributed by atoms with Gasteiger partial charge in [-0.2, -0.15) is 10.4 Å². The van der Waals surface area contributed by atoms with Crippen molar-refractivity contribution in [3.63, 3.8) is 0 Å². The number of benzene rings is 1. The van der Waals surface area contributed by atoms with E-state index in [0.717, 1.165) is 18.4 Å². The number of likely N-dealkylation sites (tertiary alicyclic amines) is 1. The summed E-state index contributed by atoms with van der Waals surface area (Å²) >= 11 is 0. The SMILES string of the molecule is N#CCC1(NC(=O)c2c[nH]nc2NC(=O)C2CC2)CCN(C(=O)Cc2ccccc2)CC1. The van der Waals surface area contributed by atoms with Crippen LogP contribution in [-0.2, 0) is 16.0 Å². The second-order valence-corrected chi connectivity index (χ2v) is 8.52. The Balaban J connectivity index is 1.38. The summed E-state index contributed by atoms with van der Waals surface area (Å²) in [4.78, 5) is 39.5. The van der Waals surface area contributed by atoms with Gasteiger partial charge in [-0.1, -0.05) is 30.3 Å². The van der Waals surface area contributed by atoms with E-state index in [0.29, 0.717) is 32.4 Å². The zero-order valence-electron chi connectivity index (χ0n) is 17.8. The molecule has 0 unspecified atom stereocenters. The van der Waals surface area contributed by atoms with E-state index in [1.54, 1.807) is 4.90 Å². The number of nitrogens with one attached hydrogen (secondary N) is 3. The van der Waals surface area contributed by atoms with Crippen LogP contribution in [0.3, 0.4) is 0 Å². The standard InChI is InChI=1S/C23H26N6O3/c24-11-8-23(9-12-29(13-10-23)19(30)14-16-4-2-1-3-5-16)27-22(32)18-15-25-28-20(18)26-21(31)17-6-7-17/h1-5,15,17H,6-10,12-14H2,(H,27,32)(H2,25,26,28,31). The average Bonchev–Trinajstić information content (AvgIpc) is 3.54. The molecular weight excluding hydrogens is 408 g/mol. The first-order chi connectivity index (χ1) is 15.5. The summed E-state index contributed by atoms with van der Waals surface area (Å²) in [6.45, 7) is 0.925. The Hall–Kier alpha value is -3.67. The van der Waals surface area contributed by atoms with E-state index < -0.39 is 11.4 Å². The van der Waals surface area contributed by atoms with Gasteiger partial charge in [0.25, 0.3) is 5.91 Å². The van der Waals surface area contributed by atoms with Crippen molar-refractivity contribution in [2.45, 2.75) is 44.1 Å². The molecule has 1 aromatic carbocycles. The summed E-state index contributed by atoms with van der Waals surface area (Å²) in [6.07, 6.45) is 4.57. The molecule has 3 N–H and O–H groups in total. The molecule has 1 aliphatic heterocycles. The minimum Gasteiger partial charge on any atom is -0.345 e. The zero-order valence-corrected chi connectivity index (χ0v) is 17.8. The van der Waals surface area contributed by atoms with Gasteiger partial charge in [-0.25, -0.2) is 0 Å². The number of piperidine rings is 1. The molecule has 166 valence electrons. The first-order valence-corrected chi connectivity index (χ1v) is 10.9. The number of nitrogens with zero attached hydrogens (tertiary/aromatic N) is 3. The Labute approximate surface area is 186 Å². The summed E-state index contributed by atoms with van der Waals surface area (Å²) in [5.74, 6) is -0.312. The Bertz CT molecular complexity index is 1030. The van der Waals surface area contributed by atoms with Crippen molar-refractivity contribution < 1.29 is 14.4 Å². The number of amides is 3. The van der Waals surface area contributed by atoms with Crippen LogP contribution in [0.2, 0.25) is 0 Å². The fourth-order valence-corrected chi connectivity index (χ4v) is 3.99. The molecule has 2 aliphatic rings. The molecule has 2 heterocycles. The quantitative estimate of drug-likeness (QED) is 0.613. The van der Waals surface area contributed by atoms with Crippen molar-refractivity contribution >= 4 is 23.5 Å². The fourth-order valence-electron chi connectivity index (χ4n) is 3.99. The van der Waals surface area contributed by atoms with Crippen LogP contribution >= 0.6 is 0 Å². The number of aromatic nitrogens is 2. The highest BCUT2D eigenvalue weighted by atomic mass is 16.2. The average molecular weight is 435 g/mol. The van der Waals surface area contributed by atoms with Crippen LogP contribution in [0.25, 0.3) is 0 Å². The van der Waals surface area contributed by atoms with Crippen LogP contribution in [0.15, 0.2) is 36.5 Å². The van der Waals surface area contributed by atoms with E-state index in [1.807, 2.05) is 30.3 Å². The van der Waals surface area contributed by atoms with Gasteiger partial charge < -0.3 is 15.5 Å². The molecule has 2 fully saturated rings. The smallest absolute Gasteiger partial charge is 0.257 e. The minimum atomic E-state index is -0.732. The number of carbonyl (C=O) groups excluding carboxylic acids is 3. The van der Waals surface area contributed by atoms with Crippen LogP contribution in [0.1, 0.15) is 48.0 Å². The second kappa shape index (κ2) is 9.22. The molecule has 9 nitrogen and oxygen atoms in total. The summed E-state index contributed by atoms with van der Waals surface area (Å²) in [6, 6.07) is 11.7.